The number of benzene rings is 7. The van der Waals surface area contributed by atoms with Gasteiger partial charge in [-0.25, -0.2) is 9.59 Å². The Morgan fingerprint density at radius 1 is 0.346 bits per heavy atom. The number of esters is 2. The lowest BCUT2D eigenvalue weighted by Crippen LogP contribution is -2.12. The van der Waals surface area contributed by atoms with Gasteiger partial charge in [0, 0.05) is 65.2 Å². The predicted octanol–water partition coefficient (Wildman–Crippen LogP) is 10.7. The number of ether oxygens (including phenoxy) is 2. The minimum Gasteiger partial charge on any atom is -0.419 e. The second-order valence-corrected chi connectivity index (χ2v) is 13.2. The van der Waals surface area contributed by atoms with Crippen molar-refractivity contribution < 1.29 is 19.1 Å². The third-order valence-electron chi connectivity index (χ3n) is 10.2. The molecule has 0 aliphatic carbocycles. The molecule has 0 atom stereocenters. The van der Waals surface area contributed by atoms with Gasteiger partial charge in [0.15, 0.2) is 11.5 Å². The molecule has 0 spiro atoms. The normalized spacial score (nSPS) is 12.0. The van der Waals surface area contributed by atoms with E-state index in [0.29, 0.717) is 11.1 Å². The Balaban J connectivity index is 0.886. The molecular weight excluding hydrogens is 649 g/mol. The number of nitrogens with one attached hydrogen (secondary N) is 4. The van der Waals surface area contributed by atoms with Crippen LogP contribution >= 0.6 is 0 Å². The molecule has 0 amide bonds. The van der Waals surface area contributed by atoms with Crippen LogP contribution in [0, 0.1) is 0 Å². The molecule has 0 saturated carbocycles. The van der Waals surface area contributed by atoms with Gasteiger partial charge < -0.3 is 29.4 Å². The van der Waals surface area contributed by atoms with Gasteiger partial charge in [0.05, 0.1) is 33.2 Å². The van der Waals surface area contributed by atoms with Crippen molar-refractivity contribution in [3.05, 3.63) is 145 Å². The fraction of sp³-hybridized carbons (Fsp3) is 0. The molecule has 0 aliphatic heterocycles. The smallest absolute Gasteiger partial charge is 0.343 e. The number of para-hydroxylation sites is 4. The zero-order valence-corrected chi connectivity index (χ0v) is 27.3. The standard InChI is InChI=1S/C44H26N4O4/c49-43(23-13-15-27-31-19-17-29-25-7-1-3-9-33(25)45-39(29)41(31)47-35(27)21-23)51-37-11-5-6-12-38(37)52-44(50)24-14-16-28-32-20-18-30-26-8-2-4-10-34(26)46-40(30)42(32)48-36(28)22-24/h1-22,45-48H. The fourth-order valence-electron chi connectivity index (χ4n) is 7.77. The Kier molecular flexibility index (Phi) is 5.81. The molecule has 4 heterocycles. The summed E-state index contributed by atoms with van der Waals surface area (Å²) in [5.41, 5.74) is 8.47. The van der Waals surface area contributed by atoms with Crippen molar-refractivity contribution in [1.29, 1.82) is 0 Å². The summed E-state index contributed by atoms with van der Waals surface area (Å²) in [7, 11) is 0. The Morgan fingerprint density at radius 3 is 1.10 bits per heavy atom. The van der Waals surface area contributed by atoms with Crippen LogP contribution in [0.15, 0.2) is 133 Å². The summed E-state index contributed by atoms with van der Waals surface area (Å²) < 4.78 is 11.7. The highest BCUT2D eigenvalue weighted by atomic mass is 16.6. The minimum absolute atomic E-state index is 0.144. The van der Waals surface area contributed by atoms with Crippen LogP contribution in [0.5, 0.6) is 11.5 Å². The molecule has 7 aromatic carbocycles. The summed E-state index contributed by atoms with van der Waals surface area (Å²) >= 11 is 0. The molecule has 4 aromatic heterocycles. The summed E-state index contributed by atoms with van der Waals surface area (Å²) in [5.74, 6) is -0.847. The van der Waals surface area contributed by atoms with Crippen LogP contribution in [0.3, 0.4) is 0 Å². The number of H-pyrrole nitrogens is 4. The first-order chi connectivity index (χ1) is 25.6. The van der Waals surface area contributed by atoms with E-state index in [2.05, 4.69) is 68.5 Å². The topological polar surface area (TPSA) is 116 Å². The Bertz CT molecular complexity index is 3080. The van der Waals surface area contributed by atoms with Crippen LogP contribution < -0.4 is 9.47 Å². The molecule has 8 nitrogen and oxygen atoms in total. The van der Waals surface area contributed by atoms with Gasteiger partial charge in [-0.15, -0.1) is 0 Å². The molecule has 0 unspecified atom stereocenters. The zero-order valence-electron chi connectivity index (χ0n) is 27.3. The molecule has 0 bridgehead atoms. The molecule has 8 heteroatoms. The first-order valence-corrected chi connectivity index (χ1v) is 17.0. The van der Waals surface area contributed by atoms with E-state index in [4.69, 9.17) is 9.47 Å². The van der Waals surface area contributed by atoms with E-state index in [0.717, 1.165) is 87.2 Å². The molecular formula is C44H26N4O4. The number of carbonyl (C=O) groups excluding carboxylic acids is 2. The molecule has 246 valence electrons. The van der Waals surface area contributed by atoms with Crippen LogP contribution in [-0.2, 0) is 0 Å². The van der Waals surface area contributed by atoms with Crippen LogP contribution in [0.1, 0.15) is 20.7 Å². The molecule has 0 aliphatic rings. The maximum Gasteiger partial charge on any atom is 0.343 e. The monoisotopic (exact) mass is 674 g/mol. The summed E-state index contributed by atoms with van der Waals surface area (Å²) in [6, 6.07) is 42.5. The van der Waals surface area contributed by atoms with Gasteiger partial charge in [0.1, 0.15) is 0 Å². The number of aromatic amines is 4. The van der Waals surface area contributed by atoms with Crippen molar-refractivity contribution in [2.75, 3.05) is 0 Å². The maximum atomic E-state index is 13.5. The Labute approximate surface area is 293 Å². The third kappa shape index (κ3) is 4.15. The number of aromatic nitrogens is 4. The largest absolute Gasteiger partial charge is 0.419 e. The number of hydrogen-bond acceptors (Lipinski definition) is 4. The average Bonchev–Trinajstić information content (AvgIpc) is 3.94. The number of rotatable bonds is 4. The van der Waals surface area contributed by atoms with Crippen molar-refractivity contribution in [2.24, 2.45) is 0 Å². The minimum atomic E-state index is -0.567. The van der Waals surface area contributed by atoms with Crippen LogP contribution in [0.4, 0.5) is 0 Å². The second-order valence-electron chi connectivity index (χ2n) is 13.2. The van der Waals surface area contributed by atoms with Crippen molar-refractivity contribution in [2.45, 2.75) is 0 Å². The molecule has 0 fully saturated rings. The van der Waals surface area contributed by atoms with E-state index in [-0.39, 0.29) is 11.5 Å². The maximum absolute atomic E-state index is 13.5. The van der Waals surface area contributed by atoms with E-state index in [1.807, 2.05) is 36.4 Å². The molecule has 4 N–H and O–H groups in total. The van der Waals surface area contributed by atoms with Gasteiger partial charge in [-0.1, -0.05) is 84.9 Å². The van der Waals surface area contributed by atoms with Crippen molar-refractivity contribution in [3.8, 4) is 11.5 Å². The SMILES string of the molecule is O=C(Oc1ccccc1OC(=O)c1ccc2c(c1)[nH]c1c2ccc2c3ccccc3[nH]c21)c1ccc2c(c1)[nH]c1c2ccc2c3ccccc3[nH]c21. The highest BCUT2D eigenvalue weighted by Gasteiger charge is 2.19. The van der Waals surface area contributed by atoms with Gasteiger partial charge in [0.2, 0.25) is 0 Å². The first-order valence-electron chi connectivity index (χ1n) is 17.0. The fourth-order valence-corrected chi connectivity index (χ4v) is 7.77. The summed E-state index contributed by atoms with van der Waals surface area (Å²) in [4.78, 5) is 41.1. The van der Waals surface area contributed by atoms with Crippen molar-refractivity contribution in [1.82, 2.24) is 19.9 Å². The average molecular weight is 675 g/mol. The molecule has 0 saturated heterocycles. The lowest BCUT2D eigenvalue weighted by atomic mass is 10.1. The highest BCUT2D eigenvalue weighted by Crippen LogP contribution is 2.37. The number of hydrogen-bond donors (Lipinski definition) is 4. The quantitative estimate of drug-likeness (QED) is 0.110. The number of fused-ring (bicyclic) bond motifs is 14. The van der Waals surface area contributed by atoms with E-state index in [1.165, 1.54) is 0 Å². The second kappa shape index (κ2) is 10.6. The van der Waals surface area contributed by atoms with E-state index in [1.54, 1.807) is 48.5 Å². The molecule has 11 rings (SSSR count). The summed E-state index contributed by atoms with van der Waals surface area (Å²) in [5, 5.41) is 8.70. The Morgan fingerprint density at radius 2 is 0.673 bits per heavy atom. The molecule has 52 heavy (non-hydrogen) atoms. The van der Waals surface area contributed by atoms with Crippen LogP contribution in [0.25, 0.3) is 87.2 Å². The van der Waals surface area contributed by atoms with E-state index in [9.17, 15) is 9.59 Å². The van der Waals surface area contributed by atoms with Gasteiger partial charge in [-0.05, 0) is 48.5 Å². The third-order valence-corrected chi connectivity index (χ3v) is 10.2. The summed E-state index contributed by atoms with van der Waals surface area (Å²) in [6.45, 7) is 0. The molecule has 0 radical (unpaired) electrons. The van der Waals surface area contributed by atoms with Crippen molar-refractivity contribution >= 4 is 99.2 Å². The van der Waals surface area contributed by atoms with Crippen molar-refractivity contribution in [3.63, 3.8) is 0 Å². The van der Waals surface area contributed by atoms with Gasteiger partial charge in [-0.2, -0.15) is 0 Å². The molecule has 11 aromatic rings. The Hall–Kier alpha value is -7.32. The lowest BCUT2D eigenvalue weighted by Gasteiger charge is -2.10. The van der Waals surface area contributed by atoms with E-state index >= 15 is 0 Å². The number of carbonyl (C=O) groups is 2. The van der Waals surface area contributed by atoms with E-state index < -0.39 is 11.9 Å². The summed E-state index contributed by atoms with van der Waals surface area (Å²) in [6.07, 6.45) is 0. The van der Waals surface area contributed by atoms with Gasteiger partial charge in [0.25, 0.3) is 0 Å². The van der Waals surface area contributed by atoms with Gasteiger partial charge >= 0.3 is 11.9 Å². The first kappa shape index (κ1) is 28.5. The highest BCUT2D eigenvalue weighted by molar-refractivity contribution is 6.23. The van der Waals surface area contributed by atoms with Crippen LogP contribution in [-0.4, -0.2) is 31.9 Å². The lowest BCUT2D eigenvalue weighted by molar-refractivity contribution is 0.0682. The zero-order chi connectivity index (χ0) is 34.5. The van der Waals surface area contributed by atoms with Crippen LogP contribution in [0.2, 0.25) is 0 Å². The van der Waals surface area contributed by atoms with Gasteiger partial charge in [-0.3, -0.25) is 0 Å². The predicted molar refractivity (Wildman–Crippen MR) is 207 cm³/mol.